The number of carbonyl (C=O) groups excluding carboxylic acids is 4. The number of ether oxygens (including phenoxy) is 2. The molecule has 4 aliphatic carbocycles. The van der Waals surface area contributed by atoms with E-state index < -0.39 is 23.6 Å². The van der Waals surface area contributed by atoms with E-state index in [0.29, 0.717) is 25.7 Å². The minimum Gasteiger partial charge on any atom is -0.457 e. The Morgan fingerprint density at radius 2 is 1.45 bits per heavy atom. The van der Waals surface area contributed by atoms with Gasteiger partial charge in [-0.15, -0.1) is 6.58 Å². The Morgan fingerprint density at radius 1 is 0.837 bits per heavy atom. The van der Waals surface area contributed by atoms with E-state index in [-0.39, 0.29) is 41.2 Å². The second-order valence-electron chi connectivity index (χ2n) is 16.1. The number of rotatable bonds is 22. The Kier molecular flexibility index (Phi) is 15.0. The highest BCUT2D eigenvalue weighted by molar-refractivity contribution is 5.94. The molecule has 0 amide bonds. The summed E-state index contributed by atoms with van der Waals surface area (Å²) < 4.78 is 11.8. The molecule has 0 aromatic rings. The molecule has 6 heteroatoms. The number of fused-ring (bicyclic) bond motifs is 5. The topological polar surface area (TPSA) is 86.7 Å². The highest BCUT2D eigenvalue weighted by Gasteiger charge is 2.67. The predicted octanol–water partition coefficient (Wildman–Crippen LogP) is 10.7. The molecule has 4 aliphatic rings. The normalized spacial score (nSPS) is 28.8. The van der Waals surface area contributed by atoms with Crippen LogP contribution in [0.3, 0.4) is 0 Å². The van der Waals surface area contributed by atoms with Crippen LogP contribution in [0.1, 0.15) is 175 Å². The van der Waals surface area contributed by atoms with Gasteiger partial charge in [0.15, 0.2) is 18.0 Å². The van der Waals surface area contributed by atoms with Crippen molar-refractivity contribution in [3.8, 4) is 0 Å². The van der Waals surface area contributed by atoms with Gasteiger partial charge in [-0.25, -0.2) is 0 Å². The van der Waals surface area contributed by atoms with Crippen LogP contribution in [-0.4, -0.2) is 35.7 Å². The van der Waals surface area contributed by atoms with Gasteiger partial charge in [0.05, 0.1) is 6.42 Å². The smallest absolute Gasteiger partial charge is 0.310 e. The molecule has 2 fully saturated rings. The molecule has 4 rings (SSSR count). The molecule has 0 aromatic carbocycles. The number of hydrogen-bond donors (Lipinski definition) is 0. The second-order valence-corrected chi connectivity index (χ2v) is 16.1. The van der Waals surface area contributed by atoms with Crippen molar-refractivity contribution >= 4 is 23.5 Å². The lowest BCUT2D eigenvalue weighted by molar-refractivity contribution is -0.186. The van der Waals surface area contributed by atoms with Crippen LogP contribution >= 0.6 is 0 Å². The lowest BCUT2D eigenvalue weighted by Crippen LogP contribution is -2.58. The molecule has 6 nitrogen and oxygen atoms in total. The van der Waals surface area contributed by atoms with Crippen molar-refractivity contribution in [2.24, 2.45) is 22.7 Å². The van der Waals surface area contributed by atoms with E-state index in [0.717, 1.165) is 44.9 Å². The van der Waals surface area contributed by atoms with Crippen LogP contribution in [0.4, 0.5) is 0 Å². The molecule has 5 atom stereocenters. The van der Waals surface area contributed by atoms with Gasteiger partial charge in [-0.2, -0.15) is 0 Å². The van der Waals surface area contributed by atoms with E-state index in [2.05, 4.69) is 33.4 Å². The first kappa shape index (κ1) is 39.3. The fraction of sp³-hybridized carbons (Fsp3) is 0.767. The van der Waals surface area contributed by atoms with Crippen LogP contribution in [0.2, 0.25) is 0 Å². The first-order valence-corrected chi connectivity index (χ1v) is 20.1. The molecule has 0 radical (unpaired) electrons. The van der Waals surface area contributed by atoms with Gasteiger partial charge in [-0.1, -0.05) is 134 Å². The summed E-state index contributed by atoms with van der Waals surface area (Å²) in [7, 11) is 0. The van der Waals surface area contributed by atoms with Gasteiger partial charge >= 0.3 is 11.9 Å². The molecular weight excluding hydrogens is 612 g/mol. The fourth-order valence-electron chi connectivity index (χ4n) is 9.86. The van der Waals surface area contributed by atoms with Gasteiger partial charge in [0.2, 0.25) is 5.78 Å². The van der Waals surface area contributed by atoms with Gasteiger partial charge in [-0.05, 0) is 62.9 Å². The largest absolute Gasteiger partial charge is 0.457 e. The SMILES string of the molecule is C=CCC(=O)OCC(=O)[C@@]1(OC(=O)CCCCCCCCCCCCCCCCC)CC[C@H]2[C@@H]3CCC4=CC(=O)CC[C@]4(C)C3=CC[C@@]21C. The average Bonchev–Trinajstić information content (AvgIpc) is 3.38. The molecule has 0 aliphatic heterocycles. The molecule has 0 aromatic heterocycles. The summed E-state index contributed by atoms with van der Waals surface area (Å²) >= 11 is 0. The number of allylic oxidation sites excluding steroid dienone is 4. The molecule has 0 heterocycles. The Hall–Kier alpha value is -2.50. The van der Waals surface area contributed by atoms with Gasteiger partial charge in [0.1, 0.15) is 0 Å². The number of esters is 2. The monoisotopic (exact) mass is 678 g/mol. The molecule has 274 valence electrons. The molecule has 0 N–H and O–H groups in total. The lowest BCUT2D eigenvalue weighted by Gasteiger charge is -2.55. The molecule has 0 spiro atoms. The van der Waals surface area contributed by atoms with Gasteiger partial charge < -0.3 is 9.47 Å². The zero-order valence-electron chi connectivity index (χ0n) is 31.2. The van der Waals surface area contributed by atoms with Gasteiger partial charge in [0.25, 0.3) is 0 Å². The maximum absolute atomic E-state index is 14.1. The lowest BCUT2D eigenvalue weighted by atomic mass is 9.50. The highest BCUT2D eigenvalue weighted by Crippen LogP contribution is 2.66. The number of ketones is 2. The van der Waals surface area contributed by atoms with Crippen molar-refractivity contribution in [1.82, 2.24) is 0 Å². The Balaban J connectivity index is 1.30. The third-order valence-corrected chi connectivity index (χ3v) is 12.9. The zero-order chi connectivity index (χ0) is 35.3. The number of hydrogen-bond acceptors (Lipinski definition) is 6. The maximum atomic E-state index is 14.1. The van der Waals surface area contributed by atoms with Crippen molar-refractivity contribution in [3.63, 3.8) is 0 Å². The number of unbranched alkanes of at least 4 members (excludes halogenated alkanes) is 14. The standard InChI is InChI=1S/C43H66O6/c1-5-7-8-9-10-11-12-13-14-15-16-17-18-19-20-22-40(47)49-43(38(45)32-48-39(46)21-6-2)30-27-37-35-24-23-33-31-34(44)25-28-41(33,3)36(35)26-29-42(37,43)4/h6,26,31,35,37H,2,5,7-25,27-30,32H2,1,3-4H3/t35-,37+,41+,42+,43+/m1/s1. The van der Waals surface area contributed by atoms with E-state index in [4.69, 9.17) is 9.47 Å². The van der Waals surface area contributed by atoms with Crippen LogP contribution in [-0.2, 0) is 28.7 Å². The van der Waals surface area contributed by atoms with E-state index in [9.17, 15) is 19.2 Å². The van der Waals surface area contributed by atoms with Crippen LogP contribution in [0.25, 0.3) is 0 Å². The van der Waals surface area contributed by atoms with Gasteiger partial charge in [0, 0.05) is 23.7 Å². The third kappa shape index (κ3) is 9.44. The molecule has 0 unspecified atom stereocenters. The van der Waals surface area contributed by atoms with E-state index in [1.165, 1.54) is 94.3 Å². The fourth-order valence-corrected chi connectivity index (χ4v) is 9.86. The first-order chi connectivity index (χ1) is 23.6. The Bertz CT molecular complexity index is 1230. The van der Waals surface area contributed by atoms with Crippen LogP contribution in [0.5, 0.6) is 0 Å². The number of Topliss-reactive ketones (excluding diaryl/α,β-unsaturated/α-hetero) is 1. The van der Waals surface area contributed by atoms with Crippen molar-refractivity contribution in [3.05, 3.63) is 36.0 Å². The summed E-state index contributed by atoms with van der Waals surface area (Å²) in [5.74, 6) is -0.438. The summed E-state index contributed by atoms with van der Waals surface area (Å²) in [6.45, 7) is 9.88. The zero-order valence-corrected chi connectivity index (χ0v) is 31.2. The molecule has 0 saturated heterocycles. The van der Waals surface area contributed by atoms with Crippen LogP contribution < -0.4 is 0 Å². The summed E-state index contributed by atoms with van der Waals surface area (Å²) in [5.41, 5.74) is 0.637. The minimum absolute atomic E-state index is 0.0320. The van der Waals surface area contributed by atoms with Crippen molar-refractivity contribution in [2.75, 3.05) is 6.61 Å². The van der Waals surface area contributed by atoms with Crippen molar-refractivity contribution in [2.45, 2.75) is 180 Å². The van der Waals surface area contributed by atoms with E-state index >= 15 is 0 Å². The van der Waals surface area contributed by atoms with Crippen molar-refractivity contribution < 1.29 is 28.7 Å². The predicted molar refractivity (Wildman–Crippen MR) is 196 cm³/mol. The van der Waals surface area contributed by atoms with E-state index in [1.54, 1.807) is 0 Å². The van der Waals surface area contributed by atoms with Gasteiger partial charge in [-0.3, -0.25) is 19.2 Å². The van der Waals surface area contributed by atoms with Crippen LogP contribution in [0, 0.1) is 22.7 Å². The maximum Gasteiger partial charge on any atom is 0.310 e. The summed E-state index contributed by atoms with van der Waals surface area (Å²) in [6.07, 6.45) is 30.0. The average molecular weight is 679 g/mol. The Labute approximate surface area is 297 Å². The second kappa shape index (κ2) is 18.7. The van der Waals surface area contributed by atoms with Crippen molar-refractivity contribution in [1.29, 1.82) is 0 Å². The third-order valence-electron chi connectivity index (χ3n) is 12.9. The Morgan fingerprint density at radius 3 is 2.06 bits per heavy atom. The molecule has 2 saturated carbocycles. The molecule has 0 bridgehead atoms. The van der Waals surface area contributed by atoms with E-state index in [1.807, 2.05) is 6.08 Å². The number of carbonyl (C=O) groups is 4. The summed E-state index contributed by atoms with van der Waals surface area (Å²) in [5, 5.41) is 0. The quantitative estimate of drug-likeness (QED) is 0.0643. The summed E-state index contributed by atoms with van der Waals surface area (Å²) in [4.78, 5) is 52.1. The van der Waals surface area contributed by atoms with Crippen LogP contribution in [0.15, 0.2) is 36.0 Å². The minimum atomic E-state index is -1.32. The summed E-state index contributed by atoms with van der Waals surface area (Å²) in [6, 6.07) is 0. The highest BCUT2D eigenvalue weighted by atomic mass is 16.6. The molecule has 49 heavy (non-hydrogen) atoms. The molecular formula is C43H66O6. The first-order valence-electron chi connectivity index (χ1n) is 20.1.